The van der Waals surface area contributed by atoms with Gasteiger partial charge < -0.3 is 4.74 Å². The molecule has 0 N–H and O–H groups in total. The SMILES string of the molecule is CC(C)(C)S(=O)(=O)CCOc1cncc(C#CCCl)c1. The van der Waals surface area contributed by atoms with Gasteiger partial charge in [0.25, 0.3) is 0 Å². The van der Waals surface area contributed by atoms with Gasteiger partial charge >= 0.3 is 0 Å². The summed E-state index contributed by atoms with van der Waals surface area (Å²) in [5.74, 6) is 6.25. The van der Waals surface area contributed by atoms with Crippen LogP contribution in [0, 0.1) is 11.8 Å². The van der Waals surface area contributed by atoms with Crippen molar-refractivity contribution in [2.24, 2.45) is 0 Å². The van der Waals surface area contributed by atoms with E-state index in [0.717, 1.165) is 0 Å². The van der Waals surface area contributed by atoms with E-state index in [4.69, 9.17) is 16.3 Å². The van der Waals surface area contributed by atoms with Gasteiger partial charge in [-0.2, -0.15) is 0 Å². The van der Waals surface area contributed by atoms with Crippen LogP contribution < -0.4 is 4.74 Å². The summed E-state index contributed by atoms with van der Waals surface area (Å²) in [4.78, 5) is 3.98. The van der Waals surface area contributed by atoms with E-state index < -0.39 is 14.6 Å². The van der Waals surface area contributed by atoms with Crippen molar-refractivity contribution in [1.29, 1.82) is 0 Å². The van der Waals surface area contributed by atoms with Crippen LogP contribution in [0.4, 0.5) is 0 Å². The number of aromatic nitrogens is 1. The number of sulfone groups is 1. The molecule has 0 aliphatic heterocycles. The Balaban J connectivity index is 2.63. The second-order valence-electron chi connectivity index (χ2n) is 5.12. The van der Waals surface area contributed by atoms with E-state index in [9.17, 15) is 8.42 Å². The summed E-state index contributed by atoms with van der Waals surface area (Å²) in [6, 6.07) is 1.70. The molecule has 0 fully saturated rings. The second kappa shape index (κ2) is 6.96. The highest BCUT2D eigenvalue weighted by molar-refractivity contribution is 7.92. The Kier molecular flexibility index (Phi) is 5.85. The van der Waals surface area contributed by atoms with E-state index in [-0.39, 0.29) is 18.2 Å². The summed E-state index contributed by atoms with van der Waals surface area (Å²) < 4.78 is 28.5. The molecule has 0 amide bonds. The van der Waals surface area contributed by atoms with Crippen LogP contribution in [0.25, 0.3) is 0 Å². The molecule has 0 bridgehead atoms. The van der Waals surface area contributed by atoms with Crippen LogP contribution in [0.5, 0.6) is 5.75 Å². The number of halogens is 1. The van der Waals surface area contributed by atoms with Gasteiger partial charge in [-0.3, -0.25) is 4.98 Å². The lowest BCUT2D eigenvalue weighted by Gasteiger charge is -2.19. The first-order chi connectivity index (χ1) is 9.26. The molecule has 0 aliphatic rings. The monoisotopic (exact) mass is 315 g/mol. The normalized spacial score (nSPS) is 11.6. The van der Waals surface area contributed by atoms with Gasteiger partial charge in [0.15, 0.2) is 9.84 Å². The van der Waals surface area contributed by atoms with Crippen molar-refractivity contribution in [3.05, 3.63) is 24.0 Å². The average Bonchev–Trinajstić information content (AvgIpc) is 2.35. The Labute approximate surface area is 125 Å². The van der Waals surface area contributed by atoms with Crippen LogP contribution in [-0.2, 0) is 9.84 Å². The molecule has 0 saturated carbocycles. The van der Waals surface area contributed by atoms with Crippen molar-refractivity contribution in [2.45, 2.75) is 25.5 Å². The van der Waals surface area contributed by atoms with Gasteiger partial charge in [0.2, 0.25) is 0 Å². The summed E-state index contributed by atoms with van der Waals surface area (Å²) >= 11 is 5.48. The lowest BCUT2D eigenvalue weighted by molar-refractivity contribution is 0.338. The Morgan fingerprint density at radius 2 is 2.05 bits per heavy atom. The Morgan fingerprint density at radius 3 is 2.65 bits per heavy atom. The molecule has 1 aromatic rings. The number of alkyl halides is 1. The number of pyridine rings is 1. The van der Waals surface area contributed by atoms with E-state index in [1.807, 2.05) is 0 Å². The predicted octanol–water partition coefficient (Wildman–Crippen LogP) is 2.26. The van der Waals surface area contributed by atoms with Gasteiger partial charge in [0.1, 0.15) is 12.4 Å². The standard InChI is InChI=1S/C14H18ClNO3S/c1-14(2,3)20(17,18)8-7-19-13-9-12(5-4-6-15)10-16-11-13/h9-11H,6-8H2,1-3H3. The van der Waals surface area contributed by atoms with E-state index in [1.165, 1.54) is 6.20 Å². The van der Waals surface area contributed by atoms with Gasteiger partial charge in [0, 0.05) is 11.8 Å². The Bertz CT molecular complexity index is 609. The minimum absolute atomic E-state index is 0.0336. The van der Waals surface area contributed by atoms with E-state index >= 15 is 0 Å². The molecule has 4 nitrogen and oxygen atoms in total. The van der Waals surface area contributed by atoms with Gasteiger partial charge in [-0.15, -0.1) is 11.6 Å². The zero-order chi connectivity index (χ0) is 15.2. The fourth-order valence-electron chi connectivity index (χ4n) is 1.28. The molecule has 1 rings (SSSR count). The molecule has 0 radical (unpaired) electrons. The van der Waals surface area contributed by atoms with Crippen molar-refractivity contribution < 1.29 is 13.2 Å². The van der Waals surface area contributed by atoms with Crippen molar-refractivity contribution in [2.75, 3.05) is 18.2 Å². The zero-order valence-electron chi connectivity index (χ0n) is 11.8. The number of rotatable bonds is 4. The molecule has 6 heteroatoms. The molecular weight excluding hydrogens is 298 g/mol. The Hall–Kier alpha value is -1.25. The number of ether oxygens (including phenoxy) is 1. The van der Waals surface area contributed by atoms with Crippen LogP contribution in [0.2, 0.25) is 0 Å². The molecule has 0 spiro atoms. The molecule has 20 heavy (non-hydrogen) atoms. The third kappa shape index (κ3) is 5.03. The highest BCUT2D eigenvalue weighted by Crippen LogP contribution is 2.16. The topological polar surface area (TPSA) is 56.3 Å². The number of hydrogen-bond acceptors (Lipinski definition) is 4. The summed E-state index contributed by atoms with van der Waals surface area (Å²) in [5, 5.41) is 0. The fraction of sp³-hybridized carbons (Fsp3) is 0.500. The van der Waals surface area contributed by atoms with E-state index in [1.54, 1.807) is 33.0 Å². The van der Waals surface area contributed by atoms with Crippen LogP contribution in [0.1, 0.15) is 26.3 Å². The third-order valence-electron chi connectivity index (χ3n) is 2.57. The van der Waals surface area contributed by atoms with Crippen LogP contribution in [0.15, 0.2) is 18.5 Å². The molecule has 0 aliphatic carbocycles. The molecule has 0 aromatic carbocycles. The predicted molar refractivity (Wildman–Crippen MR) is 80.9 cm³/mol. The third-order valence-corrected chi connectivity index (χ3v) is 5.27. The zero-order valence-corrected chi connectivity index (χ0v) is 13.4. The maximum atomic E-state index is 11.9. The highest BCUT2D eigenvalue weighted by Gasteiger charge is 2.28. The molecule has 110 valence electrons. The van der Waals surface area contributed by atoms with Crippen molar-refractivity contribution in [1.82, 2.24) is 4.98 Å². The lowest BCUT2D eigenvalue weighted by Crippen LogP contribution is -2.32. The lowest BCUT2D eigenvalue weighted by atomic mass is 10.3. The average molecular weight is 316 g/mol. The van der Waals surface area contributed by atoms with Crippen molar-refractivity contribution in [3.8, 4) is 17.6 Å². The fourth-order valence-corrected chi connectivity index (χ4v) is 2.26. The maximum Gasteiger partial charge on any atom is 0.158 e. The van der Waals surface area contributed by atoms with Crippen LogP contribution in [0.3, 0.4) is 0 Å². The number of hydrogen-bond donors (Lipinski definition) is 0. The van der Waals surface area contributed by atoms with Gasteiger partial charge in [-0.1, -0.05) is 11.8 Å². The maximum absolute atomic E-state index is 11.9. The minimum Gasteiger partial charge on any atom is -0.491 e. The van der Waals surface area contributed by atoms with Crippen molar-refractivity contribution in [3.63, 3.8) is 0 Å². The minimum atomic E-state index is -3.18. The summed E-state index contributed by atoms with van der Waals surface area (Å²) in [6.07, 6.45) is 3.12. The Morgan fingerprint density at radius 1 is 1.35 bits per heavy atom. The smallest absolute Gasteiger partial charge is 0.158 e. The molecule has 0 atom stereocenters. The highest BCUT2D eigenvalue weighted by atomic mass is 35.5. The molecule has 0 unspecified atom stereocenters. The van der Waals surface area contributed by atoms with Gasteiger partial charge in [-0.05, 0) is 26.8 Å². The van der Waals surface area contributed by atoms with Gasteiger partial charge in [-0.25, -0.2) is 8.42 Å². The molecule has 1 aromatic heterocycles. The first-order valence-corrected chi connectivity index (χ1v) is 8.30. The largest absolute Gasteiger partial charge is 0.491 e. The first-order valence-electron chi connectivity index (χ1n) is 6.11. The number of nitrogens with zero attached hydrogens (tertiary/aromatic N) is 1. The summed E-state index contributed by atoms with van der Waals surface area (Å²) in [7, 11) is -3.18. The van der Waals surface area contributed by atoms with E-state index in [0.29, 0.717) is 11.3 Å². The summed E-state index contributed by atoms with van der Waals surface area (Å²) in [5.41, 5.74) is 0.682. The first kappa shape index (κ1) is 16.8. The molecule has 1 heterocycles. The summed E-state index contributed by atoms with van der Waals surface area (Å²) in [6.45, 7) is 5.11. The quantitative estimate of drug-likeness (QED) is 0.632. The second-order valence-corrected chi connectivity index (χ2v) is 8.25. The van der Waals surface area contributed by atoms with Crippen LogP contribution >= 0.6 is 11.6 Å². The molecular formula is C14H18ClNO3S. The van der Waals surface area contributed by atoms with E-state index in [2.05, 4.69) is 16.8 Å². The van der Waals surface area contributed by atoms with Crippen LogP contribution in [-0.4, -0.2) is 36.4 Å². The van der Waals surface area contributed by atoms with Crippen molar-refractivity contribution >= 4 is 21.4 Å². The molecule has 0 saturated heterocycles. The van der Waals surface area contributed by atoms with Gasteiger partial charge in [0.05, 0.1) is 22.6 Å².